The van der Waals surface area contributed by atoms with Crippen LogP contribution in [0.15, 0.2) is 18.2 Å². The van der Waals surface area contributed by atoms with Crippen LogP contribution in [-0.2, 0) is 6.42 Å². The molecular weight excluding hydrogens is 300 g/mol. The van der Waals surface area contributed by atoms with Crippen molar-refractivity contribution in [1.82, 2.24) is 0 Å². The van der Waals surface area contributed by atoms with Crippen molar-refractivity contribution in [1.29, 1.82) is 0 Å². The molecule has 0 nitrogen and oxygen atoms in total. The highest BCUT2D eigenvalue weighted by atomic mass is 32.1. The van der Waals surface area contributed by atoms with Crippen LogP contribution in [0.5, 0.6) is 0 Å². The second kappa shape index (κ2) is 6.42. The van der Waals surface area contributed by atoms with Gasteiger partial charge in [-0.3, -0.25) is 0 Å². The topological polar surface area (TPSA) is 0 Å². The Morgan fingerprint density at radius 3 is 2.55 bits per heavy atom. The van der Waals surface area contributed by atoms with Gasteiger partial charge in [0, 0.05) is 19.2 Å². The maximum Gasteiger partial charge on any atom is 0.0635 e. The number of hydrogen-bond donors (Lipinski definition) is 0. The molecule has 0 radical (unpaired) electrons. The van der Waals surface area contributed by atoms with Gasteiger partial charge in [-0.25, -0.2) is 0 Å². The third-order valence-electron chi connectivity index (χ3n) is 3.50. The van der Waals surface area contributed by atoms with Crippen molar-refractivity contribution in [2.24, 2.45) is 0 Å². The fraction of sp³-hybridized carbons (Fsp3) is 0.412. The Bertz CT molecular complexity index is 724. The van der Waals surface area contributed by atoms with Gasteiger partial charge < -0.3 is 0 Å². The number of thiophene rings is 3. The van der Waals surface area contributed by atoms with Crippen molar-refractivity contribution in [3.8, 4) is 0 Å². The van der Waals surface area contributed by atoms with E-state index in [9.17, 15) is 0 Å². The monoisotopic (exact) mass is 320 g/mol. The Kier molecular flexibility index (Phi) is 4.59. The predicted molar refractivity (Wildman–Crippen MR) is 97.6 cm³/mol. The average molecular weight is 321 g/mol. The number of rotatable bonds is 6. The van der Waals surface area contributed by atoms with Crippen LogP contribution in [0, 0.1) is 0 Å². The lowest BCUT2D eigenvalue weighted by Crippen LogP contribution is -1.80. The summed E-state index contributed by atoms with van der Waals surface area (Å²) in [5, 5.41) is 0. The molecule has 0 aromatic carbocycles. The molecule has 0 spiro atoms. The van der Waals surface area contributed by atoms with E-state index in [0.717, 1.165) is 0 Å². The quantitative estimate of drug-likeness (QED) is 0.417. The average Bonchev–Trinajstić information content (AvgIpc) is 3.05. The molecule has 0 aliphatic carbocycles. The first kappa shape index (κ1) is 14.3. The lowest BCUT2D eigenvalue weighted by atomic mass is 10.1. The number of hydrogen-bond acceptors (Lipinski definition) is 3. The molecule has 0 atom stereocenters. The maximum atomic E-state index is 2.43. The Morgan fingerprint density at radius 2 is 1.75 bits per heavy atom. The zero-order chi connectivity index (χ0) is 13.9. The van der Waals surface area contributed by atoms with E-state index >= 15 is 0 Å². The Labute approximate surface area is 132 Å². The minimum atomic E-state index is 1.26. The summed E-state index contributed by atoms with van der Waals surface area (Å²) in [6.45, 7) is 4.36. The first-order valence-electron chi connectivity index (χ1n) is 7.39. The van der Waals surface area contributed by atoms with Crippen LogP contribution < -0.4 is 0 Å². The van der Waals surface area contributed by atoms with Crippen molar-refractivity contribution in [3.63, 3.8) is 0 Å². The van der Waals surface area contributed by atoms with Gasteiger partial charge in [0.1, 0.15) is 0 Å². The zero-order valence-electron chi connectivity index (χ0n) is 12.1. The molecule has 20 heavy (non-hydrogen) atoms. The Hall–Kier alpha value is -0.640. The molecule has 0 fully saturated rings. The summed E-state index contributed by atoms with van der Waals surface area (Å²) in [6.07, 6.45) is 11.0. The van der Waals surface area contributed by atoms with E-state index in [4.69, 9.17) is 0 Å². The molecule has 0 saturated heterocycles. The molecule has 0 aliphatic heterocycles. The molecule has 0 unspecified atom stereocenters. The van der Waals surface area contributed by atoms with E-state index in [1.807, 2.05) is 34.0 Å². The fourth-order valence-electron chi connectivity index (χ4n) is 2.50. The molecule has 0 aliphatic rings. The lowest BCUT2D eigenvalue weighted by molar-refractivity contribution is 0.670. The summed E-state index contributed by atoms with van der Waals surface area (Å²) in [4.78, 5) is 2.96. The second-order valence-corrected chi connectivity index (χ2v) is 8.47. The minimum absolute atomic E-state index is 1.26. The van der Waals surface area contributed by atoms with Crippen LogP contribution in [0.25, 0.3) is 24.9 Å². The van der Waals surface area contributed by atoms with Gasteiger partial charge in [-0.2, -0.15) is 0 Å². The molecule has 0 N–H and O–H groups in total. The number of allylic oxidation sites excluding steroid dienone is 1. The van der Waals surface area contributed by atoms with E-state index in [1.165, 1.54) is 55.8 Å². The van der Waals surface area contributed by atoms with Gasteiger partial charge in [0.2, 0.25) is 0 Å². The smallest absolute Gasteiger partial charge is 0.0635 e. The zero-order valence-corrected chi connectivity index (χ0v) is 14.5. The van der Waals surface area contributed by atoms with Gasteiger partial charge >= 0.3 is 0 Å². The molecule has 0 amide bonds. The molecule has 0 bridgehead atoms. The van der Waals surface area contributed by atoms with Crippen LogP contribution in [0.1, 0.15) is 49.3 Å². The van der Waals surface area contributed by atoms with E-state index in [1.54, 1.807) is 4.88 Å². The largest absolute Gasteiger partial charge is 0.138 e. The molecule has 3 heterocycles. The SMILES string of the molecule is CC=Cc1cc2sc3cc(CCCCCC)sc3c2s1. The molecule has 3 aromatic heterocycles. The normalized spacial score (nSPS) is 12.3. The molecule has 106 valence electrons. The molecule has 3 rings (SSSR count). The molecule has 3 heteroatoms. The van der Waals surface area contributed by atoms with Crippen LogP contribution in [-0.4, -0.2) is 0 Å². The van der Waals surface area contributed by atoms with Crippen LogP contribution in [0.4, 0.5) is 0 Å². The van der Waals surface area contributed by atoms with E-state index in [-0.39, 0.29) is 0 Å². The van der Waals surface area contributed by atoms with Gasteiger partial charge in [-0.1, -0.05) is 32.3 Å². The third-order valence-corrected chi connectivity index (χ3v) is 7.30. The second-order valence-electron chi connectivity index (χ2n) is 5.16. The molecular formula is C17H20S3. The van der Waals surface area contributed by atoms with Crippen LogP contribution in [0.3, 0.4) is 0 Å². The van der Waals surface area contributed by atoms with E-state index < -0.39 is 0 Å². The summed E-state index contributed by atoms with van der Waals surface area (Å²) in [7, 11) is 0. The van der Waals surface area contributed by atoms with Gasteiger partial charge in [-0.05, 0) is 38.0 Å². The van der Waals surface area contributed by atoms with Crippen molar-refractivity contribution >= 4 is 58.9 Å². The van der Waals surface area contributed by atoms with Gasteiger partial charge in [0.15, 0.2) is 0 Å². The Balaban J connectivity index is 1.83. The maximum absolute atomic E-state index is 2.43. The Morgan fingerprint density at radius 1 is 0.950 bits per heavy atom. The summed E-state index contributed by atoms with van der Waals surface area (Å²) >= 11 is 5.92. The first-order valence-corrected chi connectivity index (χ1v) is 9.84. The number of unbranched alkanes of at least 4 members (excludes halogenated alkanes) is 3. The van der Waals surface area contributed by atoms with Crippen molar-refractivity contribution in [3.05, 3.63) is 28.0 Å². The van der Waals surface area contributed by atoms with Crippen LogP contribution >= 0.6 is 34.0 Å². The first-order chi connectivity index (χ1) is 9.81. The molecule has 0 saturated carbocycles. The highest BCUT2D eigenvalue weighted by molar-refractivity contribution is 7.38. The van der Waals surface area contributed by atoms with Crippen molar-refractivity contribution < 1.29 is 0 Å². The third kappa shape index (κ3) is 2.85. The highest BCUT2D eigenvalue weighted by Crippen LogP contribution is 2.44. The van der Waals surface area contributed by atoms with Crippen LogP contribution in [0.2, 0.25) is 0 Å². The van der Waals surface area contributed by atoms with Gasteiger partial charge in [-0.15, -0.1) is 34.0 Å². The number of fused-ring (bicyclic) bond motifs is 3. The summed E-state index contributed by atoms with van der Waals surface area (Å²) in [5.74, 6) is 0. The summed E-state index contributed by atoms with van der Waals surface area (Å²) in [5.41, 5.74) is 0. The van der Waals surface area contributed by atoms with E-state index in [0.29, 0.717) is 0 Å². The van der Waals surface area contributed by atoms with Crippen molar-refractivity contribution in [2.75, 3.05) is 0 Å². The molecule has 3 aromatic rings. The standard InChI is InChI=1S/C17H20S3/c1-3-5-6-7-9-13-11-15-17(19-13)16-14(20-15)10-12(18-16)8-4-2/h4,8,10-11H,3,5-7,9H2,1-2H3. The number of aryl methyl sites for hydroxylation is 1. The lowest BCUT2D eigenvalue weighted by Gasteiger charge is -1.96. The van der Waals surface area contributed by atoms with Gasteiger partial charge in [0.05, 0.1) is 9.40 Å². The summed E-state index contributed by atoms with van der Waals surface area (Å²) < 4.78 is 5.98. The van der Waals surface area contributed by atoms with Crippen molar-refractivity contribution in [2.45, 2.75) is 46.0 Å². The predicted octanol–water partition coefficient (Wildman–Crippen LogP) is 7.33. The minimum Gasteiger partial charge on any atom is -0.138 e. The highest BCUT2D eigenvalue weighted by Gasteiger charge is 2.12. The van der Waals surface area contributed by atoms with Gasteiger partial charge in [0.25, 0.3) is 0 Å². The fourth-order valence-corrected chi connectivity index (χ4v) is 6.57. The van der Waals surface area contributed by atoms with E-state index in [2.05, 4.69) is 38.1 Å². The summed E-state index contributed by atoms with van der Waals surface area (Å²) in [6, 6.07) is 4.76.